The van der Waals surface area contributed by atoms with Gasteiger partial charge in [0.15, 0.2) is 0 Å². The van der Waals surface area contributed by atoms with E-state index in [1.54, 1.807) is 36.8 Å². The Morgan fingerprint density at radius 1 is 1.11 bits per heavy atom. The predicted molar refractivity (Wildman–Crippen MR) is 103 cm³/mol. The molecule has 0 unspecified atom stereocenters. The maximum Gasteiger partial charge on any atom is 0.405 e. The van der Waals surface area contributed by atoms with Gasteiger partial charge in [-0.3, -0.25) is 4.79 Å². The van der Waals surface area contributed by atoms with Crippen LogP contribution in [0.25, 0.3) is 10.6 Å². The van der Waals surface area contributed by atoms with Crippen molar-refractivity contribution in [2.24, 2.45) is 0 Å². The Kier molecular flexibility index (Phi) is 5.84. The molecule has 28 heavy (non-hydrogen) atoms. The lowest BCUT2D eigenvalue weighted by atomic mass is 10.2. The van der Waals surface area contributed by atoms with Crippen LogP contribution in [0.5, 0.6) is 5.75 Å². The summed E-state index contributed by atoms with van der Waals surface area (Å²) in [5.74, 6) is 0.207. The second-order valence-corrected chi connectivity index (χ2v) is 6.59. The molecule has 2 N–H and O–H groups in total. The van der Waals surface area contributed by atoms with Crippen LogP contribution in [-0.2, 0) is 0 Å². The van der Waals surface area contributed by atoms with Gasteiger partial charge in [-0.2, -0.15) is 13.2 Å². The summed E-state index contributed by atoms with van der Waals surface area (Å²) in [7, 11) is 1.57. The highest BCUT2D eigenvalue weighted by molar-refractivity contribution is 7.13. The van der Waals surface area contributed by atoms with Crippen LogP contribution in [-0.4, -0.2) is 30.7 Å². The Morgan fingerprint density at radius 2 is 1.79 bits per heavy atom. The molecule has 0 atom stereocenters. The summed E-state index contributed by atoms with van der Waals surface area (Å²) in [6, 6.07) is 13.4. The number of carbonyl (C=O) groups is 1. The maximum absolute atomic E-state index is 12.5. The molecule has 0 spiro atoms. The number of benzene rings is 2. The number of carbonyl (C=O) groups excluding carboxylic acids is 1. The lowest BCUT2D eigenvalue weighted by Crippen LogP contribution is -2.22. The Hall–Kier alpha value is -3.07. The van der Waals surface area contributed by atoms with E-state index in [4.69, 9.17) is 4.74 Å². The Bertz CT molecular complexity index is 956. The monoisotopic (exact) mass is 407 g/mol. The normalized spacial score (nSPS) is 11.1. The smallest absolute Gasteiger partial charge is 0.405 e. The second kappa shape index (κ2) is 8.30. The number of hydrogen-bond donors (Lipinski definition) is 2. The number of aromatic nitrogens is 1. The van der Waals surface area contributed by atoms with Crippen molar-refractivity contribution in [1.82, 2.24) is 4.98 Å². The minimum atomic E-state index is -4.36. The summed E-state index contributed by atoms with van der Waals surface area (Å²) in [5.41, 5.74) is 1.44. The molecule has 2 aromatic carbocycles. The van der Waals surface area contributed by atoms with E-state index in [1.807, 2.05) is 12.1 Å². The molecule has 0 saturated heterocycles. The highest BCUT2D eigenvalue weighted by Crippen LogP contribution is 2.27. The highest BCUT2D eigenvalue weighted by atomic mass is 32.1. The Labute approximate surface area is 163 Å². The number of anilines is 2. The summed E-state index contributed by atoms with van der Waals surface area (Å²) in [4.78, 5) is 16.8. The molecular weight excluding hydrogens is 391 g/mol. The van der Waals surface area contributed by atoms with Gasteiger partial charge in [0.05, 0.1) is 18.5 Å². The first kappa shape index (κ1) is 19.7. The summed E-state index contributed by atoms with van der Waals surface area (Å²) < 4.78 is 42.4. The first-order chi connectivity index (χ1) is 13.4. The first-order valence-electron chi connectivity index (χ1n) is 8.16. The van der Waals surface area contributed by atoms with Gasteiger partial charge in [-0.05, 0) is 36.4 Å². The van der Waals surface area contributed by atoms with Crippen molar-refractivity contribution in [3.05, 3.63) is 59.6 Å². The van der Waals surface area contributed by atoms with Crippen LogP contribution in [0.4, 0.5) is 24.5 Å². The first-order valence-corrected chi connectivity index (χ1v) is 9.04. The van der Waals surface area contributed by atoms with Crippen LogP contribution < -0.4 is 15.4 Å². The second-order valence-electron chi connectivity index (χ2n) is 5.73. The van der Waals surface area contributed by atoms with Crippen molar-refractivity contribution in [2.45, 2.75) is 6.18 Å². The minimum absolute atomic E-state index is 0.179. The summed E-state index contributed by atoms with van der Waals surface area (Å²) in [5, 5.41) is 7.13. The fourth-order valence-electron chi connectivity index (χ4n) is 2.37. The Balaban J connectivity index is 1.73. The van der Waals surface area contributed by atoms with Crippen LogP contribution >= 0.6 is 11.3 Å². The number of halogens is 3. The zero-order valence-corrected chi connectivity index (χ0v) is 15.5. The largest absolute Gasteiger partial charge is 0.497 e. The summed E-state index contributed by atoms with van der Waals surface area (Å²) in [6.45, 7) is -1.20. The van der Waals surface area contributed by atoms with Gasteiger partial charge in [0.1, 0.15) is 23.0 Å². The Morgan fingerprint density at radius 3 is 2.43 bits per heavy atom. The third-order valence-corrected chi connectivity index (χ3v) is 4.62. The number of ether oxygens (including phenoxy) is 1. The van der Waals surface area contributed by atoms with E-state index < -0.39 is 18.6 Å². The molecule has 1 aromatic heterocycles. The van der Waals surface area contributed by atoms with Gasteiger partial charge in [-0.25, -0.2) is 4.98 Å². The van der Waals surface area contributed by atoms with Crippen LogP contribution in [0.2, 0.25) is 0 Å². The number of methoxy groups -OCH3 is 1. The third-order valence-electron chi connectivity index (χ3n) is 3.73. The van der Waals surface area contributed by atoms with Crippen molar-refractivity contribution in [3.8, 4) is 16.3 Å². The van der Waals surface area contributed by atoms with Crippen molar-refractivity contribution in [1.29, 1.82) is 0 Å². The van der Waals surface area contributed by atoms with Gasteiger partial charge in [-0.1, -0.05) is 12.1 Å². The predicted octanol–water partition coefficient (Wildman–Crippen LogP) is 5.05. The van der Waals surface area contributed by atoms with Crippen molar-refractivity contribution in [3.63, 3.8) is 0 Å². The van der Waals surface area contributed by atoms with Crippen LogP contribution in [0.15, 0.2) is 53.9 Å². The van der Waals surface area contributed by atoms with E-state index in [2.05, 4.69) is 15.6 Å². The van der Waals surface area contributed by atoms with Gasteiger partial charge in [0, 0.05) is 10.9 Å². The molecule has 1 amide bonds. The summed E-state index contributed by atoms with van der Waals surface area (Å²) >= 11 is 1.30. The highest BCUT2D eigenvalue weighted by Gasteiger charge is 2.27. The van der Waals surface area contributed by atoms with Gasteiger partial charge in [0.2, 0.25) is 0 Å². The number of amides is 1. The average molecular weight is 407 g/mol. The molecule has 0 bridgehead atoms. The van der Waals surface area contributed by atoms with Crippen molar-refractivity contribution in [2.75, 3.05) is 24.3 Å². The van der Waals surface area contributed by atoms with E-state index in [0.717, 1.165) is 5.56 Å². The minimum Gasteiger partial charge on any atom is -0.497 e. The molecule has 3 aromatic rings. The van der Waals surface area contributed by atoms with Crippen molar-refractivity contribution < 1.29 is 22.7 Å². The number of alkyl halides is 3. The molecule has 3 rings (SSSR count). The third kappa shape index (κ3) is 5.01. The molecule has 9 heteroatoms. The fraction of sp³-hybridized carbons (Fsp3) is 0.158. The molecular formula is C19H16F3N3O2S. The van der Waals surface area contributed by atoms with E-state index in [1.165, 1.54) is 23.5 Å². The maximum atomic E-state index is 12.5. The van der Waals surface area contributed by atoms with Gasteiger partial charge in [0.25, 0.3) is 5.91 Å². The molecule has 0 fully saturated rings. The average Bonchev–Trinajstić information content (AvgIpc) is 3.17. The molecule has 146 valence electrons. The molecule has 1 heterocycles. The van der Waals surface area contributed by atoms with Gasteiger partial charge < -0.3 is 15.4 Å². The number of nitrogens with one attached hydrogen (secondary N) is 2. The zero-order valence-electron chi connectivity index (χ0n) is 14.7. The zero-order chi connectivity index (χ0) is 20.1. The molecule has 0 saturated carbocycles. The van der Waals surface area contributed by atoms with Crippen molar-refractivity contribution >= 4 is 28.6 Å². The van der Waals surface area contributed by atoms with Gasteiger partial charge >= 0.3 is 6.18 Å². The van der Waals surface area contributed by atoms with E-state index >= 15 is 0 Å². The number of para-hydroxylation sites is 2. The molecule has 0 aliphatic heterocycles. The lowest BCUT2D eigenvalue weighted by Gasteiger charge is -2.14. The molecule has 0 aliphatic rings. The topological polar surface area (TPSA) is 63.2 Å². The lowest BCUT2D eigenvalue weighted by molar-refractivity contribution is -0.115. The summed E-state index contributed by atoms with van der Waals surface area (Å²) in [6.07, 6.45) is -4.36. The van der Waals surface area contributed by atoms with E-state index in [0.29, 0.717) is 10.8 Å². The number of hydrogen-bond acceptors (Lipinski definition) is 5. The SMILES string of the molecule is COc1ccc(-c2nc(C(=O)Nc3ccccc3NCC(F)(F)F)cs2)cc1. The number of nitrogens with zero attached hydrogens (tertiary/aromatic N) is 1. The van der Waals surface area contributed by atoms with Gasteiger partial charge in [-0.15, -0.1) is 11.3 Å². The van der Waals surface area contributed by atoms with E-state index in [9.17, 15) is 18.0 Å². The molecule has 5 nitrogen and oxygen atoms in total. The standard InChI is InChI=1S/C19H16F3N3O2S/c1-27-13-8-6-12(7-9-13)18-25-16(10-28-18)17(26)24-15-5-3-2-4-14(15)23-11-19(20,21)22/h2-10,23H,11H2,1H3,(H,24,26). The van der Waals surface area contributed by atoms with E-state index in [-0.39, 0.29) is 17.1 Å². The van der Waals surface area contributed by atoms with Crippen LogP contribution in [0, 0.1) is 0 Å². The van der Waals surface area contributed by atoms with Crippen LogP contribution in [0.1, 0.15) is 10.5 Å². The number of rotatable bonds is 6. The molecule has 0 radical (unpaired) electrons. The molecule has 0 aliphatic carbocycles. The quantitative estimate of drug-likeness (QED) is 0.601. The van der Waals surface area contributed by atoms with Crippen LogP contribution in [0.3, 0.4) is 0 Å². The fourth-order valence-corrected chi connectivity index (χ4v) is 3.18. The number of thiazole rings is 1.